The van der Waals surface area contributed by atoms with E-state index in [2.05, 4.69) is 11.2 Å². The van der Waals surface area contributed by atoms with Gasteiger partial charge in [-0.15, -0.1) is 0 Å². The van der Waals surface area contributed by atoms with Gasteiger partial charge in [-0.3, -0.25) is 0 Å². The van der Waals surface area contributed by atoms with Crippen LogP contribution in [0, 0.1) is 11.3 Å². The number of nitriles is 1. The minimum atomic E-state index is 0.0319. The van der Waals surface area contributed by atoms with Crippen LogP contribution in [0.5, 0.6) is 11.5 Å². The molecule has 6 heteroatoms. The summed E-state index contributed by atoms with van der Waals surface area (Å²) in [5.74, 6) is 1.05. The molecular formula is C20H21ClN2O3. The topological polar surface area (TPSA) is 63.8 Å². The lowest BCUT2D eigenvalue weighted by Crippen LogP contribution is -2.11. The van der Waals surface area contributed by atoms with Crippen LogP contribution in [0.4, 0.5) is 0 Å². The van der Waals surface area contributed by atoms with Crippen molar-refractivity contribution in [2.24, 2.45) is 5.16 Å². The maximum atomic E-state index is 9.06. The largest absolute Gasteiger partial charge is 0.493 e. The van der Waals surface area contributed by atoms with Gasteiger partial charge in [-0.05, 0) is 31.5 Å². The van der Waals surface area contributed by atoms with Crippen molar-refractivity contribution in [3.8, 4) is 17.6 Å². The average molecular weight is 373 g/mol. The Bertz CT molecular complexity index is 815. The fourth-order valence-electron chi connectivity index (χ4n) is 2.17. The number of ether oxygens (including phenoxy) is 2. The molecule has 0 fully saturated rings. The second-order valence-electron chi connectivity index (χ2n) is 5.65. The maximum Gasteiger partial charge on any atom is 0.180 e. The number of hydrogen-bond donors (Lipinski definition) is 0. The molecule has 0 aliphatic rings. The van der Waals surface area contributed by atoms with E-state index in [0.29, 0.717) is 22.1 Å². The Kier molecular flexibility index (Phi) is 7.31. The standard InChI is InChI=1S/C20H21ClN2O3/c1-4-14(2)26-20-18(21)9-15(10-19(20)24-3)12-23-25-13-17-8-6-5-7-16(17)11-22/h5-10,12,14H,4,13H2,1-3H3/b23-12-/t14-/m0/s1. The van der Waals surface area contributed by atoms with Crippen LogP contribution in [0.15, 0.2) is 41.6 Å². The highest BCUT2D eigenvalue weighted by Crippen LogP contribution is 2.37. The highest BCUT2D eigenvalue weighted by atomic mass is 35.5. The number of halogens is 1. The van der Waals surface area contributed by atoms with E-state index in [1.54, 1.807) is 25.3 Å². The molecule has 26 heavy (non-hydrogen) atoms. The van der Waals surface area contributed by atoms with Crippen molar-refractivity contribution in [2.75, 3.05) is 7.11 Å². The SMILES string of the molecule is CC[C@H](C)Oc1c(Cl)cc(/C=N\OCc2ccccc2C#N)cc1OC. The first-order valence-electron chi connectivity index (χ1n) is 8.26. The quantitative estimate of drug-likeness (QED) is 0.486. The summed E-state index contributed by atoms with van der Waals surface area (Å²) in [5.41, 5.74) is 2.07. The lowest BCUT2D eigenvalue weighted by atomic mass is 10.1. The lowest BCUT2D eigenvalue weighted by molar-refractivity contribution is 0.132. The minimum absolute atomic E-state index is 0.0319. The third-order valence-corrected chi connectivity index (χ3v) is 4.06. The van der Waals surface area contributed by atoms with Gasteiger partial charge in [0.2, 0.25) is 0 Å². The molecule has 0 unspecified atom stereocenters. The first-order valence-corrected chi connectivity index (χ1v) is 8.64. The van der Waals surface area contributed by atoms with Crippen LogP contribution < -0.4 is 9.47 Å². The monoisotopic (exact) mass is 372 g/mol. The molecule has 136 valence electrons. The Morgan fingerprint density at radius 1 is 1.31 bits per heavy atom. The Balaban J connectivity index is 2.08. The Labute approximate surface area is 158 Å². The van der Waals surface area contributed by atoms with Crippen molar-refractivity contribution in [1.29, 1.82) is 5.26 Å². The van der Waals surface area contributed by atoms with E-state index >= 15 is 0 Å². The van der Waals surface area contributed by atoms with Crippen LogP contribution in [0.3, 0.4) is 0 Å². The zero-order valence-corrected chi connectivity index (χ0v) is 15.8. The van der Waals surface area contributed by atoms with Crippen LogP contribution in [0.2, 0.25) is 5.02 Å². The van der Waals surface area contributed by atoms with Crippen molar-refractivity contribution < 1.29 is 14.3 Å². The Hall–Kier alpha value is -2.71. The highest BCUT2D eigenvalue weighted by molar-refractivity contribution is 6.32. The van der Waals surface area contributed by atoms with Crippen molar-refractivity contribution in [3.63, 3.8) is 0 Å². The molecule has 0 aromatic heterocycles. The van der Waals surface area contributed by atoms with Crippen LogP contribution in [-0.4, -0.2) is 19.4 Å². The lowest BCUT2D eigenvalue weighted by Gasteiger charge is -2.17. The predicted molar refractivity (Wildman–Crippen MR) is 102 cm³/mol. The van der Waals surface area contributed by atoms with Gasteiger partial charge in [-0.1, -0.05) is 41.9 Å². The van der Waals surface area contributed by atoms with Gasteiger partial charge in [0.15, 0.2) is 11.5 Å². The van der Waals surface area contributed by atoms with Gasteiger partial charge < -0.3 is 14.3 Å². The summed E-state index contributed by atoms with van der Waals surface area (Å²) in [5, 5.41) is 13.5. The van der Waals surface area contributed by atoms with E-state index in [4.69, 9.17) is 31.2 Å². The molecule has 0 heterocycles. The summed E-state index contributed by atoms with van der Waals surface area (Å²) in [6.45, 7) is 4.21. The van der Waals surface area contributed by atoms with Gasteiger partial charge in [0.05, 0.1) is 36.1 Å². The summed E-state index contributed by atoms with van der Waals surface area (Å²) in [4.78, 5) is 5.29. The molecule has 0 N–H and O–H groups in total. The Morgan fingerprint density at radius 3 is 2.77 bits per heavy atom. The molecule has 0 bridgehead atoms. The van der Waals surface area contributed by atoms with E-state index in [-0.39, 0.29) is 12.7 Å². The van der Waals surface area contributed by atoms with Gasteiger partial charge >= 0.3 is 0 Å². The first-order chi connectivity index (χ1) is 12.6. The average Bonchev–Trinajstić information content (AvgIpc) is 2.67. The van der Waals surface area contributed by atoms with E-state index < -0.39 is 0 Å². The number of rotatable bonds is 8. The van der Waals surface area contributed by atoms with E-state index in [1.807, 2.05) is 32.0 Å². The molecule has 0 spiro atoms. The summed E-state index contributed by atoms with van der Waals surface area (Å²) in [6, 6.07) is 12.9. The molecule has 2 aromatic rings. The van der Waals surface area contributed by atoms with Crippen LogP contribution in [0.1, 0.15) is 37.0 Å². The van der Waals surface area contributed by atoms with Crippen molar-refractivity contribution >= 4 is 17.8 Å². The number of benzene rings is 2. The fourth-order valence-corrected chi connectivity index (χ4v) is 2.44. The second-order valence-corrected chi connectivity index (χ2v) is 6.05. The second kappa shape index (κ2) is 9.69. The third kappa shape index (κ3) is 5.14. The van der Waals surface area contributed by atoms with E-state index in [1.165, 1.54) is 6.21 Å². The minimum Gasteiger partial charge on any atom is -0.493 e. The predicted octanol–water partition coefficient (Wildman–Crippen LogP) is 4.95. The van der Waals surface area contributed by atoms with Crippen molar-refractivity contribution in [2.45, 2.75) is 33.0 Å². The Morgan fingerprint density at radius 2 is 2.08 bits per heavy atom. The van der Waals surface area contributed by atoms with Gasteiger partial charge in [-0.2, -0.15) is 5.26 Å². The van der Waals surface area contributed by atoms with Crippen LogP contribution in [-0.2, 0) is 11.4 Å². The molecule has 2 rings (SSSR count). The number of methoxy groups -OCH3 is 1. The number of oxime groups is 1. The van der Waals surface area contributed by atoms with Crippen LogP contribution >= 0.6 is 11.6 Å². The summed E-state index contributed by atoms with van der Waals surface area (Å²) >= 11 is 6.32. The molecule has 0 radical (unpaired) electrons. The zero-order valence-electron chi connectivity index (χ0n) is 15.0. The molecule has 5 nitrogen and oxygen atoms in total. The van der Waals surface area contributed by atoms with Gasteiger partial charge in [0, 0.05) is 11.1 Å². The highest BCUT2D eigenvalue weighted by Gasteiger charge is 2.14. The van der Waals surface area contributed by atoms with Gasteiger partial charge in [0.25, 0.3) is 0 Å². The molecule has 0 saturated carbocycles. The van der Waals surface area contributed by atoms with Gasteiger partial charge in [-0.25, -0.2) is 0 Å². The molecule has 1 atom stereocenters. The van der Waals surface area contributed by atoms with Crippen molar-refractivity contribution in [3.05, 3.63) is 58.1 Å². The summed E-state index contributed by atoms with van der Waals surface area (Å²) in [7, 11) is 1.56. The normalized spacial score (nSPS) is 11.8. The summed E-state index contributed by atoms with van der Waals surface area (Å²) < 4.78 is 11.2. The van der Waals surface area contributed by atoms with E-state index in [9.17, 15) is 0 Å². The van der Waals surface area contributed by atoms with Crippen LogP contribution in [0.25, 0.3) is 0 Å². The van der Waals surface area contributed by atoms with Gasteiger partial charge in [0.1, 0.15) is 6.61 Å². The molecule has 2 aromatic carbocycles. The molecule has 0 aliphatic heterocycles. The molecule has 0 amide bonds. The maximum absolute atomic E-state index is 9.06. The number of hydrogen-bond acceptors (Lipinski definition) is 5. The molecule has 0 aliphatic carbocycles. The molecule has 0 saturated heterocycles. The number of nitrogens with zero attached hydrogens (tertiary/aromatic N) is 2. The summed E-state index contributed by atoms with van der Waals surface area (Å²) in [6.07, 6.45) is 2.43. The third-order valence-electron chi connectivity index (χ3n) is 3.78. The fraction of sp³-hybridized carbons (Fsp3) is 0.300. The molecular weight excluding hydrogens is 352 g/mol. The first kappa shape index (κ1) is 19.6. The van der Waals surface area contributed by atoms with E-state index in [0.717, 1.165) is 17.5 Å². The smallest absolute Gasteiger partial charge is 0.180 e. The van der Waals surface area contributed by atoms with Crippen molar-refractivity contribution in [1.82, 2.24) is 0 Å². The zero-order chi connectivity index (χ0) is 18.9.